The summed E-state index contributed by atoms with van der Waals surface area (Å²) in [5.41, 5.74) is 9.05. The Labute approximate surface area is 102 Å². The first-order valence-corrected chi connectivity index (χ1v) is 5.76. The Morgan fingerprint density at radius 2 is 1.76 bits per heavy atom. The summed E-state index contributed by atoms with van der Waals surface area (Å²) in [6.45, 7) is 3.20. The van der Waals surface area contributed by atoms with E-state index in [2.05, 4.69) is 12.1 Å². The van der Waals surface area contributed by atoms with Crippen molar-refractivity contribution in [2.75, 3.05) is 0 Å². The molecule has 0 radical (unpaired) electrons. The van der Waals surface area contributed by atoms with E-state index in [1.165, 1.54) is 0 Å². The minimum absolute atomic E-state index is 0.568. The number of ether oxygens (including phenoxy) is 1. The molecule has 2 aromatic carbocycles. The first-order chi connectivity index (χ1) is 8.29. The third-order valence-electron chi connectivity index (χ3n) is 2.72. The molecule has 0 saturated heterocycles. The van der Waals surface area contributed by atoms with E-state index < -0.39 is 0 Å². The number of para-hydroxylation sites is 1. The van der Waals surface area contributed by atoms with Crippen LogP contribution in [0.5, 0.6) is 5.75 Å². The fraction of sp³-hybridized carbons (Fsp3) is 0.200. The van der Waals surface area contributed by atoms with Crippen LogP contribution in [0.25, 0.3) is 0 Å². The highest BCUT2D eigenvalue weighted by molar-refractivity contribution is 5.32. The zero-order valence-corrected chi connectivity index (χ0v) is 10.0. The lowest BCUT2D eigenvalue weighted by Crippen LogP contribution is -2.00. The number of hydrogen-bond donors (Lipinski definition) is 1. The smallest absolute Gasteiger partial charge is 0.122 e. The lowest BCUT2D eigenvalue weighted by atomic mass is 10.1. The van der Waals surface area contributed by atoms with E-state index in [0.717, 1.165) is 22.4 Å². The third kappa shape index (κ3) is 3.08. The van der Waals surface area contributed by atoms with Gasteiger partial charge in [0.05, 0.1) is 0 Å². The number of rotatable bonds is 4. The van der Waals surface area contributed by atoms with Gasteiger partial charge in [-0.1, -0.05) is 42.5 Å². The van der Waals surface area contributed by atoms with Crippen molar-refractivity contribution in [3.8, 4) is 5.75 Å². The summed E-state index contributed by atoms with van der Waals surface area (Å²) in [5.74, 6) is 0.936. The van der Waals surface area contributed by atoms with Gasteiger partial charge in [-0.05, 0) is 29.7 Å². The molecule has 0 atom stereocenters. The molecule has 0 aliphatic carbocycles. The average molecular weight is 227 g/mol. The topological polar surface area (TPSA) is 35.2 Å². The van der Waals surface area contributed by atoms with E-state index in [1.807, 2.05) is 43.3 Å². The van der Waals surface area contributed by atoms with Gasteiger partial charge in [0, 0.05) is 6.54 Å². The zero-order valence-electron chi connectivity index (χ0n) is 10.0. The van der Waals surface area contributed by atoms with Crippen LogP contribution < -0.4 is 10.5 Å². The molecule has 0 amide bonds. The first kappa shape index (κ1) is 11.7. The van der Waals surface area contributed by atoms with Crippen LogP contribution in [-0.2, 0) is 13.2 Å². The molecule has 0 aromatic heterocycles. The summed E-state index contributed by atoms with van der Waals surface area (Å²) in [4.78, 5) is 0. The van der Waals surface area contributed by atoms with E-state index in [9.17, 15) is 0 Å². The summed E-state index contributed by atoms with van der Waals surface area (Å²) in [5, 5.41) is 0. The highest BCUT2D eigenvalue weighted by Gasteiger charge is 1.99. The molecule has 2 N–H and O–H groups in total. The number of aryl methyl sites for hydroxylation is 1. The standard InChI is InChI=1S/C15H17NO/c1-12-5-2-3-8-15(12)17-11-14-7-4-6-13(9-14)10-16/h2-9H,10-11,16H2,1H3. The van der Waals surface area contributed by atoms with Crippen molar-refractivity contribution in [1.29, 1.82) is 0 Å². The Morgan fingerprint density at radius 3 is 2.53 bits per heavy atom. The Hall–Kier alpha value is -1.80. The van der Waals surface area contributed by atoms with Gasteiger partial charge in [0.1, 0.15) is 12.4 Å². The van der Waals surface area contributed by atoms with Gasteiger partial charge < -0.3 is 10.5 Å². The van der Waals surface area contributed by atoms with Gasteiger partial charge in [0.25, 0.3) is 0 Å². The average Bonchev–Trinajstić information content (AvgIpc) is 2.38. The normalized spacial score (nSPS) is 10.2. The predicted molar refractivity (Wildman–Crippen MR) is 69.8 cm³/mol. The van der Waals surface area contributed by atoms with Crippen LogP contribution >= 0.6 is 0 Å². The van der Waals surface area contributed by atoms with Gasteiger partial charge in [-0.2, -0.15) is 0 Å². The van der Waals surface area contributed by atoms with Crippen molar-refractivity contribution in [2.24, 2.45) is 5.73 Å². The largest absolute Gasteiger partial charge is 0.489 e. The SMILES string of the molecule is Cc1ccccc1OCc1cccc(CN)c1. The molecule has 2 aromatic rings. The van der Waals surface area contributed by atoms with Gasteiger partial charge in [0.15, 0.2) is 0 Å². The van der Waals surface area contributed by atoms with Crippen molar-refractivity contribution in [3.05, 3.63) is 65.2 Å². The van der Waals surface area contributed by atoms with Gasteiger partial charge in [-0.15, -0.1) is 0 Å². The second-order valence-electron chi connectivity index (χ2n) is 4.08. The fourth-order valence-electron chi connectivity index (χ4n) is 1.73. The molecule has 0 unspecified atom stereocenters. The van der Waals surface area contributed by atoms with Crippen molar-refractivity contribution in [3.63, 3.8) is 0 Å². The van der Waals surface area contributed by atoms with E-state index in [1.54, 1.807) is 0 Å². The minimum atomic E-state index is 0.568. The monoisotopic (exact) mass is 227 g/mol. The lowest BCUT2D eigenvalue weighted by molar-refractivity contribution is 0.304. The number of benzene rings is 2. The molecule has 2 rings (SSSR count). The molecule has 0 saturated carbocycles. The summed E-state index contributed by atoms with van der Waals surface area (Å²) in [7, 11) is 0. The maximum atomic E-state index is 5.78. The van der Waals surface area contributed by atoms with Crippen LogP contribution in [0.4, 0.5) is 0 Å². The molecule has 0 heterocycles. The predicted octanol–water partition coefficient (Wildman–Crippen LogP) is 3.03. The molecule has 0 bridgehead atoms. The Balaban J connectivity index is 2.05. The first-order valence-electron chi connectivity index (χ1n) is 5.76. The molecule has 17 heavy (non-hydrogen) atoms. The van der Waals surface area contributed by atoms with Crippen molar-refractivity contribution < 1.29 is 4.74 Å². The molecular weight excluding hydrogens is 210 g/mol. The van der Waals surface area contributed by atoms with E-state index >= 15 is 0 Å². The molecule has 0 aliphatic heterocycles. The van der Waals surface area contributed by atoms with Gasteiger partial charge in [-0.25, -0.2) is 0 Å². The second kappa shape index (κ2) is 5.51. The summed E-state index contributed by atoms with van der Waals surface area (Å²) in [6, 6.07) is 16.2. The van der Waals surface area contributed by atoms with Crippen LogP contribution in [0.3, 0.4) is 0 Å². The van der Waals surface area contributed by atoms with Crippen LogP contribution in [0.2, 0.25) is 0 Å². The Morgan fingerprint density at radius 1 is 1.00 bits per heavy atom. The number of hydrogen-bond acceptors (Lipinski definition) is 2. The van der Waals surface area contributed by atoms with Crippen LogP contribution in [-0.4, -0.2) is 0 Å². The maximum absolute atomic E-state index is 5.78. The fourth-order valence-corrected chi connectivity index (χ4v) is 1.73. The molecule has 0 aliphatic rings. The molecule has 2 nitrogen and oxygen atoms in total. The molecule has 0 spiro atoms. The van der Waals surface area contributed by atoms with Gasteiger partial charge in [-0.3, -0.25) is 0 Å². The Bertz CT molecular complexity index is 494. The van der Waals surface area contributed by atoms with Crippen molar-refractivity contribution in [1.82, 2.24) is 0 Å². The molecule has 88 valence electrons. The molecule has 0 fully saturated rings. The summed E-state index contributed by atoms with van der Waals surface area (Å²) in [6.07, 6.45) is 0. The van der Waals surface area contributed by atoms with Crippen molar-refractivity contribution in [2.45, 2.75) is 20.1 Å². The van der Waals surface area contributed by atoms with Crippen molar-refractivity contribution >= 4 is 0 Å². The summed E-state index contributed by atoms with van der Waals surface area (Å²) >= 11 is 0. The Kier molecular flexibility index (Phi) is 3.78. The highest BCUT2D eigenvalue weighted by Crippen LogP contribution is 2.18. The van der Waals surface area contributed by atoms with E-state index in [0.29, 0.717) is 13.2 Å². The summed E-state index contributed by atoms with van der Waals surface area (Å²) < 4.78 is 5.78. The quantitative estimate of drug-likeness (QED) is 0.871. The molecular formula is C15H17NO. The third-order valence-corrected chi connectivity index (χ3v) is 2.72. The van der Waals surface area contributed by atoms with Crippen LogP contribution in [0.1, 0.15) is 16.7 Å². The second-order valence-corrected chi connectivity index (χ2v) is 4.08. The zero-order chi connectivity index (χ0) is 12.1. The van der Waals surface area contributed by atoms with Gasteiger partial charge in [0.2, 0.25) is 0 Å². The van der Waals surface area contributed by atoms with Crippen LogP contribution in [0, 0.1) is 6.92 Å². The van der Waals surface area contributed by atoms with E-state index in [4.69, 9.17) is 10.5 Å². The maximum Gasteiger partial charge on any atom is 0.122 e. The van der Waals surface area contributed by atoms with Gasteiger partial charge >= 0.3 is 0 Å². The molecule has 2 heteroatoms. The highest BCUT2D eigenvalue weighted by atomic mass is 16.5. The van der Waals surface area contributed by atoms with Crippen LogP contribution in [0.15, 0.2) is 48.5 Å². The number of nitrogens with two attached hydrogens (primary N) is 1. The lowest BCUT2D eigenvalue weighted by Gasteiger charge is -2.09. The van der Waals surface area contributed by atoms with E-state index in [-0.39, 0.29) is 0 Å². The minimum Gasteiger partial charge on any atom is -0.489 e.